The molecule has 1 aromatic carbocycles. The van der Waals surface area contributed by atoms with Crippen molar-refractivity contribution in [3.63, 3.8) is 0 Å². The predicted octanol–water partition coefficient (Wildman–Crippen LogP) is 2.63. The van der Waals surface area contributed by atoms with Gasteiger partial charge in [-0.1, -0.05) is 23.7 Å². The third-order valence-electron chi connectivity index (χ3n) is 3.07. The molecule has 0 bridgehead atoms. The van der Waals surface area contributed by atoms with Gasteiger partial charge >= 0.3 is 0 Å². The number of aromatic nitrogens is 1. The van der Waals surface area contributed by atoms with Crippen LogP contribution in [-0.4, -0.2) is 12.1 Å². The zero-order valence-corrected chi connectivity index (χ0v) is 11.7. The zero-order valence-electron chi connectivity index (χ0n) is 10.9. The Kier molecular flexibility index (Phi) is 4.89. The average molecular weight is 296 g/mol. The van der Waals surface area contributed by atoms with Crippen molar-refractivity contribution in [2.75, 3.05) is 7.11 Å². The number of hydrogen-bond acceptors (Lipinski definition) is 4. The topological polar surface area (TPSA) is 60.2 Å². The summed E-state index contributed by atoms with van der Waals surface area (Å²) in [6, 6.07) is 6.38. The highest BCUT2D eigenvalue weighted by atomic mass is 35.5. The lowest BCUT2D eigenvalue weighted by Gasteiger charge is -2.19. The van der Waals surface area contributed by atoms with E-state index in [1.54, 1.807) is 37.7 Å². The Morgan fingerprint density at radius 2 is 2.25 bits per heavy atom. The number of ether oxygens (including phenoxy) is 1. The van der Waals surface area contributed by atoms with Crippen LogP contribution in [-0.2, 0) is 6.42 Å². The van der Waals surface area contributed by atoms with Crippen molar-refractivity contribution in [1.29, 1.82) is 0 Å². The fourth-order valence-corrected chi connectivity index (χ4v) is 2.23. The van der Waals surface area contributed by atoms with E-state index in [0.29, 0.717) is 17.7 Å². The Bertz CT molecular complexity index is 594. The maximum absolute atomic E-state index is 14.0. The van der Waals surface area contributed by atoms with E-state index in [9.17, 15) is 4.39 Å². The minimum absolute atomic E-state index is 0.0972. The molecule has 0 aliphatic rings. The fourth-order valence-electron chi connectivity index (χ4n) is 2.03. The number of hydrazine groups is 1. The van der Waals surface area contributed by atoms with Crippen molar-refractivity contribution in [3.05, 3.63) is 58.6 Å². The molecular weight excluding hydrogens is 281 g/mol. The Hall–Kier alpha value is -1.69. The van der Waals surface area contributed by atoms with Crippen LogP contribution in [0, 0.1) is 5.82 Å². The van der Waals surface area contributed by atoms with Gasteiger partial charge in [0, 0.05) is 11.8 Å². The first-order valence-electron chi connectivity index (χ1n) is 6.04. The van der Waals surface area contributed by atoms with Crippen molar-refractivity contribution < 1.29 is 9.13 Å². The van der Waals surface area contributed by atoms with Gasteiger partial charge in [-0.05, 0) is 24.1 Å². The average Bonchev–Trinajstić information content (AvgIpc) is 2.49. The minimum atomic E-state index is -0.428. The van der Waals surface area contributed by atoms with Crippen molar-refractivity contribution in [2.45, 2.75) is 12.5 Å². The molecule has 0 spiro atoms. The van der Waals surface area contributed by atoms with E-state index >= 15 is 0 Å². The first-order chi connectivity index (χ1) is 9.67. The van der Waals surface area contributed by atoms with Crippen molar-refractivity contribution >= 4 is 11.6 Å². The van der Waals surface area contributed by atoms with Gasteiger partial charge in [0.25, 0.3) is 0 Å². The Balaban J connectivity index is 2.31. The van der Waals surface area contributed by atoms with Crippen LogP contribution >= 0.6 is 11.6 Å². The van der Waals surface area contributed by atoms with Crippen LogP contribution in [0.3, 0.4) is 0 Å². The highest BCUT2D eigenvalue weighted by Gasteiger charge is 2.18. The first kappa shape index (κ1) is 14.7. The molecule has 0 aliphatic carbocycles. The predicted molar refractivity (Wildman–Crippen MR) is 76.0 cm³/mol. The van der Waals surface area contributed by atoms with Gasteiger partial charge < -0.3 is 4.74 Å². The molecule has 20 heavy (non-hydrogen) atoms. The number of methoxy groups -OCH3 is 1. The summed E-state index contributed by atoms with van der Waals surface area (Å²) < 4.78 is 19.2. The highest BCUT2D eigenvalue weighted by Crippen LogP contribution is 2.28. The van der Waals surface area contributed by atoms with Crippen LogP contribution in [0.2, 0.25) is 5.02 Å². The Morgan fingerprint density at radius 1 is 1.45 bits per heavy atom. The second-order valence-electron chi connectivity index (χ2n) is 4.25. The van der Waals surface area contributed by atoms with Crippen LogP contribution in [0.4, 0.5) is 4.39 Å². The largest absolute Gasteiger partial charge is 0.495 e. The van der Waals surface area contributed by atoms with Gasteiger partial charge in [0.05, 0.1) is 24.4 Å². The third kappa shape index (κ3) is 3.07. The molecule has 0 saturated heterocycles. The number of halogens is 2. The van der Waals surface area contributed by atoms with Gasteiger partial charge in [0.2, 0.25) is 0 Å². The maximum atomic E-state index is 14.0. The number of nitrogens with two attached hydrogens (primary N) is 1. The molecule has 0 saturated carbocycles. The molecule has 106 valence electrons. The smallest absolute Gasteiger partial charge is 0.145 e. The standard InChI is InChI=1S/C14H15ClFN3O/c1-20-13-8-18-6-5-10(13)12(19-17)7-9-3-2-4-11(15)14(9)16/h2-6,8,12,19H,7,17H2,1H3. The molecule has 2 aromatic rings. The third-order valence-corrected chi connectivity index (χ3v) is 3.36. The lowest BCUT2D eigenvalue weighted by Crippen LogP contribution is -2.30. The monoisotopic (exact) mass is 295 g/mol. The SMILES string of the molecule is COc1cnccc1C(Cc1cccc(Cl)c1F)NN. The van der Waals surface area contributed by atoms with E-state index in [1.165, 1.54) is 6.07 Å². The summed E-state index contributed by atoms with van der Waals surface area (Å²) >= 11 is 5.78. The summed E-state index contributed by atoms with van der Waals surface area (Å²) in [4.78, 5) is 3.98. The van der Waals surface area contributed by atoms with Crippen LogP contribution in [0.5, 0.6) is 5.75 Å². The van der Waals surface area contributed by atoms with E-state index in [2.05, 4.69) is 10.4 Å². The van der Waals surface area contributed by atoms with Gasteiger partial charge in [0.1, 0.15) is 11.6 Å². The number of nitrogens with one attached hydrogen (secondary N) is 1. The highest BCUT2D eigenvalue weighted by molar-refractivity contribution is 6.30. The molecule has 2 rings (SSSR count). The molecule has 4 nitrogen and oxygen atoms in total. The molecule has 0 radical (unpaired) electrons. The molecule has 3 N–H and O–H groups in total. The van der Waals surface area contributed by atoms with Gasteiger partial charge in [0.15, 0.2) is 0 Å². The van der Waals surface area contributed by atoms with E-state index in [4.69, 9.17) is 22.2 Å². The molecule has 1 aromatic heterocycles. The summed E-state index contributed by atoms with van der Waals surface area (Å²) in [7, 11) is 1.55. The van der Waals surface area contributed by atoms with Crippen molar-refractivity contribution in [3.8, 4) is 5.75 Å². The molecular formula is C14H15ClFN3O. The van der Waals surface area contributed by atoms with Crippen LogP contribution in [0.1, 0.15) is 17.2 Å². The fraction of sp³-hybridized carbons (Fsp3) is 0.214. The van der Waals surface area contributed by atoms with Gasteiger partial charge in [-0.2, -0.15) is 0 Å². The molecule has 1 unspecified atom stereocenters. The summed E-state index contributed by atoms with van der Waals surface area (Å²) in [6.45, 7) is 0. The van der Waals surface area contributed by atoms with Gasteiger partial charge in [-0.15, -0.1) is 0 Å². The second-order valence-corrected chi connectivity index (χ2v) is 4.66. The zero-order chi connectivity index (χ0) is 14.5. The lowest BCUT2D eigenvalue weighted by molar-refractivity contribution is 0.396. The molecule has 1 atom stereocenters. The van der Waals surface area contributed by atoms with Crippen LogP contribution in [0.15, 0.2) is 36.7 Å². The van der Waals surface area contributed by atoms with Gasteiger partial charge in [-0.3, -0.25) is 16.3 Å². The number of nitrogens with zero attached hydrogens (tertiary/aromatic N) is 1. The molecule has 0 aliphatic heterocycles. The number of benzene rings is 1. The maximum Gasteiger partial charge on any atom is 0.145 e. The summed E-state index contributed by atoms with van der Waals surface area (Å²) in [5.74, 6) is 5.75. The molecule has 6 heteroatoms. The van der Waals surface area contributed by atoms with Crippen LogP contribution in [0.25, 0.3) is 0 Å². The first-order valence-corrected chi connectivity index (χ1v) is 6.42. The summed E-state index contributed by atoms with van der Waals surface area (Å²) in [6.07, 6.45) is 3.58. The number of hydrogen-bond donors (Lipinski definition) is 2. The second kappa shape index (κ2) is 6.65. The Labute approximate surface area is 121 Å². The van der Waals surface area contributed by atoms with Crippen molar-refractivity contribution in [2.24, 2.45) is 5.84 Å². The van der Waals surface area contributed by atoms with Crippen LogP contribution < -0.4 is 16.0 Å². The van der Waals surface area contributed by atoms with E-state index < -0.39 is 5.82 Å². The number of pyridine rings is 1. The lowest BCUT2D eigenvalue weighted by atomic mass is 9.99. The molecule has 1 heterocycles. The summed E-state index contributed by atoms with van der Waals surface area (Å²) in [5, 5.41) is 0.0972. The number of rotatable bonds is 5. The van der Waals surface area contributed by atoms with Crippen molar-refractivity contribution in [1.82, 2.24) is 10.4 Å². The molecule has 0 amide bonds. The normalized spacial score (nSPS) is 12.2. The molecule has 0 fully saturated rings. The van der Waals surface area contributed by atoms with E-state index in [-0.39, 0.29) is 11.1 Å². The quantitative estimate of drug-likeness (QED) is 0.657. The van der Waals surface area contributed by atoms with E-state index in [0.717, 1.165) is 5.56 Å². The van der Waals surface area contributed by atoms with E-state index in [1.807, 2.05) is 0 Å². The van der Waals surface area contributed by atoms with Gasteiger partial charge in [-0.25, -0.2) is 4.39 Å². The summed E-state index contributed by atoms with van der Waals surface area (Å²) in [5.41, 5.74) is 3.97. The minimum Gasteiger partial charge on any atom is -0.495 e. The Morgan fingerprint density at radius 3 is 2.95 bits per heavy atom.